The highest BCUT2D eigenvalue weighted by atomic mass is 32.1. The molecule has 0 bridgehead atoms. The molecule has 3 atom stereocenters. The number of piperazine rings is 1. The Morgan fingerprint density at radius 1 is 0.981 bits per heavy atom. The molecule has 0 radical (unpaired) electrons. The van der Waals surface area contributed by atoms with Crippen LogP contribution in [0.2, 0.25) is 0 Å². The topological polar surface area (TPSA) is 179 Å². The van der Waals surface area contributed by atoms with Gasteiger partial charge in [-0.25, -0.2) is 19.7 Å². The predicted octanol–water partition coefficient (Wildman–Crippen LogP) is 2.56. The minimum atomic E-state index is -0.918. The minimum absolute atomic E-state index is 0.00312. The number of thiazole rings is 1. The molecular formula is C38H52N8O7S. The highest BCUT2D eigenvalue weighted by molar-refractivity contribution is 7.13. The number of ether oxygens (including phenoxy) is 2. The number of aryl methyl sites for hydroxylation is 1. The number of nitrogens with one attached hydrogen (secondary N) is 2. The molecule has 0 spiro atoms. The van der Waals surface area contributed by atoms with E-state index in [9.17, 15) is 24.3 Å². The molecule has 2 fully saturated rings. The number of aromatic nitrogens is 3. The van der Waals surface area contributed by atoms with Crippen LogP contribution in [0.3, 0.4) is 0 Å². The number of nitrogens with zero attached hydrogens (tertiary/aromatic N) is 6. The molecule has 292 valence electrons. The van der Waals surface area contributed by atoms with Gasteiger partial charge in [-0.15, -0.1) is 11.3 Å². The smallest absolute Gasteiger partial charge is 0.344 e. The van der Waals surface area contributed by atoms with Gasteiger partial charge in [-0.05, 0) is 44.2 Å². The second kappa shape index (κ2) is 17.2. The average molecular weight is 765 g/mol. The molecule has 5 rings (SSSR count). The van der Waals surface area contributed by atoms with E-state index in [-0.39, 0.29) is 44.5 Å². The Morgan fingerprint density at radius 3 is 2.24 bits per heavy atom. The van der Waals surface area contributed by atoms with Gasteiger partial charge in [-0.2, -0.15) is 0 Å². The normalized spacial score (nSPS) is 18.6. The van der Waals surface area contributed by atoms with Crippen molar-refractivity contribution in [2.24, 2.45) is 5.41 Å². The fourth-order valence-electron chi connectivity index (χ4n) is 6.36. The number of aliphatic hydroxyl groups excluding tert-OH is 1. The van der Waals surface area contributed by atoms with E-state index in [4.69, 9.17) is 9.47 Å². The molecule has 0 unspecified atom stereocenters. The van der Waals surface area contributed by atoms with Gasteiger partial charge in [0.25, 0.3) is 0 Å². The van der Waals surface area contributed by atoms with E-state index in [1.165, 1.54) is 17.3 Å². The maximum Gasteiger partial charge on any atom is 0.344 e. The Kier molecular flexibility index (Phi) is 12.9. The summed E-state index contributed by atoms with van der Waals surface area (Å²) in [4.78, 5) is 72.3. The highest BCUT2D eigenvalue weighted by Gasteiger charge is 2.44. The molecule has 54 heavy (non-hydrogen) atoms. The fourth-order valence-corrected chi connectivity index (χ4v) is 7.17. The molecule has 1 aromatic carbocycles. The van der Waals surface area contributed by atoms with Gasteiger partial charge in [0.2, 0.25) is 23.7 Å². The van der Waals surface area contributed by atoms with Crippen LogP contribution in [0, 0.1) is 12.3 Å². The van der Waals surface area contributed by atoms with E-state index in [2.05, 4.69) is 25.6 Å². The number of rotatable bonds is 12. The van der Waals surface area contributed by atoms with Crippen molar-refractivity contribution in [1.82, 2.24) is 35.4 Å². The third kappa shape index (κ3) is 10.9. The molecular weight excluding hydrogens is 713 g/mol. The standard InChI is InChI=1S/C38H52N8O7S/c1-24-32(54-23-42-24)26-10-8-25(9-11-26)17-39-34(50)29-16-27(47)20-46(29)35(51)33(37(2,3)4)43-30(48)21-44-12-14-45(15-13-44)36-40-18-28(19-41-36)52-22-31(49)53-38(5,6)7/h8-11,18-19,23,27,29,33,47H,12-17,20-22H2,1-7H3,(H,39,50)(H,43,48)/t27-,29+,33-/m1/s1. The lowest BCUT2D eigenvalue weighted by Gasteiger charge is -2.37. The number of likely N-dealkylation sites (tertiary alicyclic amines) is 1. The number of anilines is 1. The van der Waals surface area contributed by atoms with Crippen LogP contribution in [0.1, 0.15) is 59.2 Å². The zero-order chi connectivity index (χ0) is 39.2. The highest BCUT2D eigenvalue weighted by Crippen LogP contribution is 2.28. The number of aliphatic hydroxyl groups is 1. The number of β-amino-alcohol motifs (C(OH)–C–C–N with tert-alkyl or cyclic N) is 1. The van der Waals surface area contributed by atoms with Crippen LogP contribution in [0.4, 0.5) is 5.95 Å². The van der Waals surface area contributed by atoms with Crippen LogP contribution >= 0.6 is 11.3 Å². The summed E-state index contributed by atoms with van der Waals surface area (Å²) < 4.78 is 10.7. The first-order valence-corrected chi connectivity index (χ1v) is 19.0. The van der Waals surface area contributed by atoms with Crippen LogP contribution in [0.5, 0.6) is 5.75 Å². The van der Waals surface area contributed by atoms with E-state index in [0.717, 1.165) is 21.7 Å². The largest absolute Gasteiger partial charge is 0.479 e. The van der Waals surface area contributed by atoms with Gasteiger partial charge < -0.3 is 35.0 Å². The lowest BCUT2D eigenvalue weighted by molar-refractivity contribution is -0.157. The van der Waals surface area contributed by atoms with Gasteiger partial charge in [-0.3, -0.25) is 19.3 Å². The molecule has 3 aromatic rings. The van der Waals surface area contributed by atoms with E-state index < -0.39 is 41.1 Å². The Bertz CT molecular complexity index is 1760. The summed E-state index contributed by atoms with van der Waals surface area (Å²) in [5.41, 5.74) is 3.47. The van der Waals surface area contributed by atoms with Gasteiger partial charge in [0.1, 0.15) is 17.7 Å². The van der Waals surface area contributed by atoms with Crippen molar-refractivity contribution in [2.75, 3.05) is 50.8 Å². The van der Waals surface area contributed by atoms with Crippen LogP contribution < -0.4 is 20.3 Å². The summed E-state index contributed by atoms with van der Waals surface area (Å²) >= 11 is 1.58. The molecule has 4 heterocycles. The maximum atomic E-state index is 14.0. The van der Waals surface area contributed by atoms with Gasteiger partial charge in [-0.1, -0.05) is 45.0 Å². The van der Waals surface area contributed by atoms with E-state index in [0.29, 0.717) is 37.9 Å². The van der Waals surface area contributed by atoms with Crippen molar-refractivity contribution < 1.29 is 33.8 Å². The molecule has 2 aromatic heterocycles. The van der Waals surface area contributed by atoms with Crippen molar-refractivity contribution in [3.05, 3.63) is 53.4 Å². The second-order valence-electron chi connectivity index (χ2n) is 15.8. The monoisotopic (exact) mass is 764 g/mol. The second-order valence-corrected chi connectivity index (χ2v) is 16.7. The summed E-state index contributed by atoms with van der Waals surface area (Å²) in [6.45, 7) is 15.3. The van der Waals surface area contributed by atoms with Crippen molar-refractivity contribution in [1.29, 1.82) is 0 Å². The molecule has 0 aliphatic carbocycles. The Balaban J connectivity index is 1.11. The molecule has 0 saturated carbocycles. The van der Waals surface area contributed by atoms with Crippen LogP contribution in [-0.4, -0.2) is 123 Å². The third-order valence-electron chi connectivity index (χ3n) is 9.12. The van der Waals surface area contributed by atoms with Crippen molar-refractivity contribution >= 4 is 41.0 Å². The first-order chi connectivity index (χ1) is 25.5. The summed E-state index contributed by atoms with van der Waals surface area (Å²) in [5, 5.41) is 16.4. The zero-order valence-corrected chi connectivity index (χ0v) is 32.9. The number of carbonyl (C=O) groups excluding carboxylic acids is 4. The van der Waals surface area contributed by atoms with Crippen LogP contribution in [-0.2, 0) is 30.5 Å². The lowest BCUT2D eigenvalue weighted by atomic mass is 9.85. The van der Waals surface area contributed by atoms with Crippen molar-refractivity contribution in [3.63, 3.8) is 0 Å². The van der Waals surface area contributed by atoms with Gasteiger partial charge in [0.05, 0.1) is 41.1 Å². The SMILES string of the molecule is Cc1ncsc1-c1ccc(CNC(=O)[C@@H]2C[C@@H](O)CN2C(=O)[C@@H](NC(=O)CN2CCN(c3ncc(OCC(=O)OC(C)(C)C)cn3)CC2)C(C)(C)C)cc1. The average Bonchev–Trinajstić information content (AvgIpc) is 3.73. The van der Waals surface area contributed by atoms with Crippen LogP contribution in [0.25, 0.3) is 10.4 Å². The van der Waals surface area contributed by atoms with Crippen LogP contribution in [0.15, 0.2) is 42.2 Å². The Morgan fingerprint density at radius 2 is 1.65 bits per heavy atom. The molecule has 16 heteroatoms. The molecule has 2 saturated heterocycles. The first kappa shape index (κ1) is 40.5. The number of carbonyl (C=O) groups is 4. The van der Waals surface area contributed by atoms with Crippen molar-refractivity contribution in [2.45, 2.75) is 85.2 Å². The number of esters is 1. The Labute approximate surface area is 320 Å². The summed E-state index contributed by atoms with van der Waals surface area (Å²) in [6.07, 6.45) is 2.27. The molecule has 15 nitrogen and oxygen atoms in total. The first-order valence-electron chi connectivity index (χ1n) is 18.2. The lowest BCUT2D eigenvalue weighted by Crippen LogP contribution is -2.59. The molecule has 2 aliphatic heterocycles. The van der Waals surface area contributed by atoms with Crippen molar-refractivity contribution in [3.8, 4) is 16.2 Å². The minimum Gasteiger partial charge on any atom is -0.479 e. The maximum absolute atomic E-state index is 14.0. The summed E-state index contributed by atoms with van der Waals surface area (Å²) in [6, 6.07) is 6.10. The summed E-state index contributed by atoms with van der Waals surface area (Å²) in [5.74, 6) is -0.695. The van der Waals surface area contributed by atoms with Gasteiger partial charge >= 0.3 is 5.97 Å². The third-order valence-corrected chi connectivity index (χ3v) is 10.1. The predicted molar refractivity (Wildman–Crippen MR) is 204 cm³/mol. The van der Waals surface area contributed by atoms with E-state index >= 15 is 0 Å². The Hall–Kier alpha value is -4.67. The number of hydrogen-bond acceptors (Lipinski definition) is 13. The van der Waals surface area contributed by atoms with E-state index in [1.807, 2.05) is 67.3 Å². The van der Waals surface area contributed by atoms with Gasteiger partial charge in [0.15, 0.2) is 12.4 Å². The molecule has 2 aliphatic rings. The number of benzene rings is 1. The quantitative estimate of drug-likeness (QED) is 0.230. The summed E-state index contributed by atoms with van der Waals surface area (Å²) in [7, 11) is 0. The van der Waals surface area contributed by atoms with Gasteiger partial charge in [0, 0.05) is 45.7 Å². The van der Waals surface area contributed by atoms with E-state index in [1.54, 1.807) is 32.1 Å². The molecule has 3 amide bonds. The fraction of sp³-hybridized carbons (Fsp3) is 0.553. The molecule has 3 N–H and O–H groups in total. The zero-order valence-electron chi connectivity index (χ0n) is 32.1. The number of hydrogen-bond donors (Lipinski definition) is 3. The number of amides is 3.